The molecule has 0 unspecified atom stereocenters. The van der Waals surface area contributed by atoms with Gasteiger partial charge in [-0.1, -0.05) is 0 Å². The van der Waals surface area contributed by atoms with Gasteiger partial charge in [-0.05, 0) is 0 Å². The summed E-state index contributed by atoms with van der Waals surface area (Å²) in [5.41, 5.74) is 0. The van der Waals surface area contributed by atoms with Gasteiger partial charge in [-0.2, -0.15) is 0 Å². The van der Waals surface area contributed by atoms with Crippen LogP contribution in [-0.2, 0) is 26.0 Å². The minimum atomic E-state index is -1.79. The SMILES string of the molecule is CS(C)=O.[Cl][Au]([Cl])[Cl]. The van der Waals surface area contributed by atoms with E-state index in [4.69, 9.17) is 27.6 Å². The van der Waals surface area contributed by atoms with E-state index in [1.54, 1.807) is 12.5 Å². The normalized spacial score (nSPS) is 10.0. The summed E-state index contributed by atoms with van der Waals surface area (Å²) in [5.74, 6) is 0. The van der Waals surface area contributed by atoms with Gasteiger partial charge in [0.1, 0.15) is 0 Å². The van der Waals surface area contributed by atoms with Crippen molar-refractivity contribution < 1.29 is 19.4 Å². The second-order valence-corrected chi connectivity index (χ2v) is 11.7. The fraction of sp³-hybridized carbons (Fsp3) is 1.00. The zero-order valence-electron chi connectivity index (χ0n) is 4.25. The quantitative estimate of drug-likeness (QED) is 0.587. The van der Waals surface area contributed by atoms with E-state index in [0.717, 1.165) is 0 Å². The molecule has 0 atom stereocenters. The van der Waals surface area contributed by atoms with Gasteiger partial charge in [0.05, 0.1) is 0 Å². The van der Waals surface area contributed by atoms with E-state index >= 15 is 0 Å². The van der Waals surface area contributed by atoms with Crippen LogP contribution in [0.4, 0.5) is 0 Å². The average molecular weight is 381 g/mol. The summed E-state index contributed by atoms with van der Waals surface area (Å²) in [7, 11) is 14.2. The Labute approximate surface area is 69.7 Å². The second-order valence-electron chi connectivity index (χ2n) is 0.871. The van der Waals surface area contributed by atoms with Gasteiger partial charge < -0.3 is 0 Å². The molecule has 0 spiro atoms. The number of hydrogen-bond acceptors (Lipinski definition) is 1. The number of hydrogen-bond donors (Lipinski definition) is 0. The van der Waals surface area contributed by atoms with Crippen LogP contribution in [0.3, 0.4) is 0 Å². The van der Waals surface area contributed by atoms with Gasteiger partial charge in [0.15, 0.2) is 0 Å². The van der Waals surface area contributed by atoms with Crippen molar-refractivity contribution in [1.82, 2.24) is 0 Å². The molecule has 0 saturated carbocycles. The molecule has 0 radical (unpaired) electrons. The monoisotopic (exact) mass is 380 g/mol. The first-order chi connectivity index (χ1) is 3.46. The summed E-state index contributed by atoms with van der Waals surface area (Å²) in [6, 6.07) is 0. The fourth-order valence-corrected chi connectivity index (χ4v) is 0. The Morgan fingerprint density at radius 1 is 1.25 bits per heavy atom. The molecule has 1 nitrogen and oxygen atoms in total. The molecule has 0 N–H and O–H groups in total. The van der Waals surface area contributed by atoms with Crippen LogP contribution in [0.1, 0.15) is 0 Å². The van der Waals surface area contributed by atoms with Crippen LogP contribution < -0.4 is 0 Å². The first-order valence-corrected chi connectivity index (χ1v) is 11.3. The van der Waals surface area contributed by atoms with Gasteiger partial charge in [0.25, 0.3) is 0 Å². The topological polar surface area (TPSA) is 17.1 Å². The van der Waals surface area contributed by atoms with Crippen LogP contribution in [0, 0.1) is 0 Å². The molecule has 0 aliphatic rings. The molecule has 0 aromatic carbocycles. The van der Waals surface area contributed by atoms with E-state index in [9.17, 15) is 4.21 Å². The maximum absolute atomic E-state index is 9.56. The first-order valence-electron chi connectivity index (χ1n) is 1.33. The van der Waals surface area contributed by atoms with Gasteiger partial charge in [0.2, 0.25) is 0 Å². The van der Waals surface area contributed by atoms with E-state index in [-0.39, 0.29) is 0 Å². The summed E-state index contributed by atoms with van der Waals surface area (Å²) < 4.78 is 9.56. The predicted molar refractivity (Wildman–Crippen MR) is 37.5 cm³/mol. The van der Waals surface area contributed by atoms with Crippen molar-refractivity contribution in [2.24, 2.45) is 0 Å². The molecule has 0 aliphatic carbocycles. The standard InChI is InChI=1S/C2H6OS.Au.3ClH/c1-4(2)3;;;;/h1-2H3;;3*1H/q;+3;;;/p-3. The molecule has 0 aromatic heterocycles. The van der Waals surface area contributed by atoms with E-state index in [0.29, 0.717) is 0 Å². The van der Waals surface area contributed by atoms with Crippen LogP contribution in [0.5, 0.6) is 0 Å². The summed E-state index contributed by atoms with van der Waals surface area (Å²) in [4.78, 5) is 0. The predicted octanol–water partition coefficient (Wildman–Crippen LogP) is 2.06. The van der Waals surface area contributed by atoms with E-state index in [1.807, 2.05) is 0 Å². The van der Waals surface area contributed by atoms with Crippen molar-refractivity contribution in [1.29, 1.82) is 0 Å². The third-order valence-electron chi connectivity index (χ3n) is 0. The van der Waals surface area contributed by atoms with Gasteiger partial charge in [-0.3, -0.25) is 4.21 Å². The Morgan fingerprint density at radius 3 is 1.25 bits per heavy atom. The maximum atomic E-state index is 9.56. The minimum absolute atomic E-state index is 0.611. The molecular formula is C2H6AuCl3OS. The first kappa shape index (κ1) is 12.4. The molecule has 0 heterocycles. The van der Waals surface area contributed by atoms with Gasteiger partial charge >= 0.3 is 42.8 Å². The summed E-state index contributed by atoms with van der Waals surface area (Å²) in [6.45, 7) is 0. The third kappa shape index (κ3) is 114. The van der Waals surface area contributed by atoms with Crippen LogP contribution >= 0.6 is 27.6 Å². The van der Waals surface area contributed by atoms with Crippen molar-refractivity contribution in [3.63, 3.8) is 0 Å². The summed E-state index contributed by atoms with van der Waals surface area (Å²) >= 11 is -1.79. The van der Waals surface area contributed by atoms with Crippen molar-refractivity contribution >= 4 is 38.4 Å². The molecule has 0 bridgehead atoms. The average Bonchev–Trinajstić information content (AvgIpc) is 1.25. The Kier molecular flexibility index (Phi) is 13.6. The Balaban J connectivity index is 0. The molecule has 6 heteroatoms. The molecule has 0 aromatic rings. The summed E-state index contributed by atoms with van der Waals surface area (Å²) in [5, 5.41) is 0. The van der Waals surface area contributed by atoms with Crippen molar-refractivity contribution in [3.05, 3.63) is 0 Å². The Morgan fingerprint density at radius 2 is 1.25 bits per heavy atom. The molecule has 8 heavy (non-hydrogen) atoms. The second kappa shape index (κ2) is 8.76. The van der Waals surface area contributed by atoms with Crippen molar-refractivity contribution in [3.8, 4) is 0 Å². The zero-order valence-corrected chi connectivity index (χ0v) is 9.50. The summed E-state index contributed by atoms with van der Waals surface area (Å²) in [6.07, 6.45) is 3.28. The van der Waals surface area contributed by atoms with E-state index in [1.165, 1.54) is 0 Å². The molecule has 0 fully saturated rings. The number of halogens is 3. The molecular weight excluding hydrogens is 375 g/mol. The zero-order chi connectivity index (χ0) is 7.15. The van der Waals surface area contributed by atoms with Gasteiger partial charge in [-0.25, -0.2) is 0 Å². The van der Waals surface area contributed by atoms with Crippen LogP contribution in [0.15, 0.2) is 0 Å². The van der Waals surface area contributed by atoms with Crippen molar-refractivity contribution in [2.75, 3.05) is 12.5 Å². The Bertz CT molecular complexity index is 61.5. The van der Waals surface area contributed by atoms with E-state index in [2.05, 4.69) is 0 Å². The van der Waals surface area contributed by atoms with Crippen LogP contribution in [0.2, 0.25) is 0 Å². The Hall–Kier alpha value is 1.76. The third-order valence-corrected chi connectivity index (χ3v) is 0. The molecule has 0 rings (SSSR count). The van der Waals surface area contributed by atoms with Crippen LogP contribution in [0.25, 0.3) is 0 Å². The van der Waals surface area contributed by atoms with E-state index < -0.39 is 26.0 Å². The molecule has 58 valence electrons. The molecule has 0 saturated heterocycles. The fourth-order valence-electron chi connectivity index (χ4n) is 0. The van der Waals surface area contributed by atoms with Crippen molar-refractivity contribution in [2.45, 2.75) is 0 Å². The van der Waals surface area contributed by atoms with Crippen LogP contribution in [-0.4, -0.2) is 16.7 Å². The number of rotatable bonds is 0. The molecule has 0 aliphatic heterocycles. The van der Waals surface area contributed by atoms with Gasteiger partial charge in [-0.15, -0.1) is 0 Å². The molecule has 0 amide bonds. The van der Waals surface area contributed by atoms with Gasteiger partial charge in [0, 0.05) is 23.3 Å².